The first kappa shape index (κ1) is 24.9. The third-order valence-corrected chi connectivity index (χ3v) is 6.98. The molecule has 0 N–H and O–H groups in total. The second kappa shape index (κ2) is 10.3. The summed E-state index contributed by atoms with van der Waals surface area (Å²) in [4.78, 5) is 53.0. The molecule has 0 spiro atoms. The molecule has 2 heterocycles. The molecule has 1 amide bonds. The van der Waals surface area contributed by atoms with E-state index in [0.29, 0.717) is 31.6 Å². The van der Waals surface area contributed by atoms with Gasteiger partial charge in [0.25, 0.3) is 5.69 Å². The molecule has 0 atom stereocenters. The Labute approximate surface area is 218 Å². The van der Waals surface area contributed by atoms with Gasteiger partial charge in [-0.05, 0) is 37.1 Å². The molecule has 5 rings (SSSR count). The highest BCUT2D eigenvalue weighted by atomic mass is 16.6. The minimum absolute atomic E-state index is 0.0895. The number of nitro groups is 1. The Kier molecular flexibility index (Phi) is 6.78. The van der Waals surface area contributed by atoms with Crippen molar-refractivity contribution in [1.29, 1.82) is 0 Å². The summed E-state index contributed by atoms with van der Waals surface area (Å²) >= 11 is 0. The van der Waals surface area contributed by atoms with Gasteiger partial charge in [0, 0.05) is 41.9 Å². The van der Waals surface area contributed by atoms with Crippen molar-refractivity contribution < 1.29 is 28.8 Å². The summed E-state index contributed by atoms with van der Waals surface area (Å²) < 4.78 is 10.1. The number of ether oxygens (including phenoxy) is 2. The summed E-state index contributed by atoms with van der Waals surface area (Å²) in [5.74, 6) is -1.18. The lowest BCUT2D eigenvalue weighted by molar-refractivity contribution is -0.384. The van der Waals surface area contributed by atoms with E-state index in [1.165, 1.54) is 31.4 Å². The predicted molar refractivity (Wildman–Crippen MR) is 139 cm³/mol. The van der Waals surface area contributed by atoms with Crippen molar-refractivity contribution in [3.63, 3.8) is 0 Å². The molecule has 0 unspecified atom stereocenters. The first-order chi connectivity index (χ1) is 18.4. The summed E-state index contributed by atoms with van der Waals surface area (Å²) in [7, 11) is 1.22. The lowest BCUT2D eigenvalue weighted by Gasteiger charge is -2.40. The molecular formula is C28H25N3O7. The number of hydrogen-bond acceptors (Lipinski definition) is 8. The van der Waals surface area contributed by atoms with Crippen LogP contribution in [0.15, 0.2) is 66.7 Å². The molecule has 3 aromatic rings. The van der Waals surface area contributed by atoms with Gasteiger partial charge >= 0.3 is 12.1 Å². The number of nitrogens with zero attached hydrogens (tertiary/aromatic N) is 3. The lowest BCUT2D eigenvalue weighted by Crippen LogP contribution is -2.49. The monoisotopic (exact) mass is 515 g/mol. The van der Waals surface area contributed by atoms with Crippen molar-refractivity contribution in [2.45, 2.75) is 25.5 Å². The quantitative estimate of drug-likeness (QED) is 0.200. The van der Waals surface area contributed by atoms with Crippen LogP contribution in [0.4, 0.5) is 21.9 Å². The van der Waals surface area contributed by atoms with Gasteiger partial charge in [-0.2, -0.15) is 0 Å². The Morgan fingerprint density at radius 2 is 1.66 bits per heavy atom. The van der Waals surface area contributed by atoms with E-state index in [1.807, 2.05) is 29.2 Å². The molecule has 3 aromatic carbocycles. The minimum Gasteiger partial charge on any atom is -0.465 e. The predicted octanol–water partition coefficient (Wildman–Crippen LogP) is 4.74. The van der Waals surface area contributed by atoms with Crippen LogP contribution in [-0.4, -0.2) is 49.0 Å². The van der Waals surface area contributed by atoms with E-state index < -0.39 is 16.7 Å². The molecule has 10 heteroatoms. The molecule has 194 valence electrons. The molecule has 0 saturated carbocycles. The fourth-order valence-electron chi connectivity index (χ4n) is 5.09. The fourth-order valence-corrected chi connectivity index (χ4v) is 5.09. The highest BCUT2D eigenvalue weighted by molar-refractivity contribution is 6.14. The van der Waals surface area contributed by atoms with Gasteiger partial charge in [0.1, 0.15) is 12.3 Å². The van der Waals surface area contributed by atoms with Crippen molar-refractivity contribution in [2.75, 3.05) is 30.0 Å². The first-order valence-corrected chi connectivity index (χ1v) is 12.2. The van der Waals surface area contributed by atoms with Crippen LogP contribution in [0.2, 0.25) is 0 Å². The maximum absolute atomic E-state index is 13.2. The third kappa shape index (κ3) is 4.56. The molecule has 1 saturated heterocycles. The largest absolute Gasteiger partial charge is 0.465 e. The van der Waals surface area contributed by atoms with Crippen molar-refractivity contribution >= 4 is 34.9 Å². The second-order valence-corrected chi connectivity index (χ2v) is 9.10. The van der Waals surface area contributed by atoms with Crippen LogP contribution >= 0.6 is 0 Å². The topological polar surface area (TPSA) is 119 Å². The van der Waals surface area contributed by atoms with Crippen molar-refractivity contribution in [2.24, 2.45) is 0 Å². The van der Waals surface area contributed by atoms with Crippen LogP contribution in [0, 0.1) is 10.1 Å². The molecule has 0 radical (unpaired) electrons. The van der Waals surface area contributed by atoms with Gasteiger partial charge in [0.05, 0.1) is 23.3 Å². The Balaban J connectivity index is 1.37. The molecule has 0 aromatic heterocycles. The number of para-hydroxylation sites is 1. The third-order valence-electron chi connectivity index (χ3n) is 6.98. The van der Waals surface area contributed by atoms with Crippen LogP contribution in [0.25, 0.3) is 0 Å². The van der Waals surface area contributed by atoms with Gasteiger partial charge in [-0.1, -0.05) is 36.4 Å². The normalized spacial score (nSPS) is 15.4. The number of anilines is 2. The number of amides is 1. The Morgan fingerprint density at radius 3 is 2.37 bits per heavy atom. The van der Waals surface area contributed by atoms with Crippen LogP contribution in [0.5, 0.6) is 0 Å². The van der Waals surface area contributed by atoms with Gasteiger partial charge in [-0.25, -0.2) is 9.59 Å². The summed E-state index contributed by atoms with van der Waals surface area (Å²) in [5.41, 5.74) is 2.27. The van der Waals surface area contributed by atoms with E-state index in [1.54, 1.807) is 23.1 Å². The number of nitro benzene ring substituents is 1. The number of piperidine rings is 1. The lowest BCUT2D eigenvalue weighted by atomic mass is 9.96. The number of benzene rings is 3. The van der Waals surface area contributed by atoms with Gasteiger partial charge in [-0.15, -0.1) is 0 Å². The Morgan fingerprint density at radius 1 is 0.974 bits per heavy atom. The number of methoxy groups -OCH3 is 1. The number of ketones is 1. The number of esters is 1. The van der Waals surface area contributed by atoms with Crippen molar-refractivity contribution in [3.05, 3.63) is 99.1 Å². The molecule has 2 aliphatic heterocycles. The second-order valence-electron chi connectivity index (χ2n) is 9.10. The summed E-state index contributed by atoms with van der Waals surface area (Å²) in [6.45, 7) is 1.21. The number of hydrogen-bond donors (Lipinski definition) is 0. The fraction of sp³-hybridized carbons (Fsp3) is 0.250. The zero-order valence-corrected chi connectivity index (χ0v) is 20.7. The highest BCUT2D eigenvalue weighted by Crippen LogP contribution is 2.36. The van der Waals surface area contributed by atoms with Crippen LogP contribution in [0.1, 0.15) is 44.7 Å². The summed E-state index contributed by atoms with van der Waals surface area (Å²) in [6, 6.07) is 18.1. The van der Waals surface area contributed by atoms with Gasteiger partial charge in [0.2, 0.25) is 0 Å². The Bertz CT molecular complexity index is 1430. The van der Waals surface area contributed by atoms with Crippen molar-refractivity contribution in [3.8, 4) is 0 Å². The molecule has 10 nitrogen and oxygen atoms in total. The number of carbonyl (C=O) groups excluding carboxylic acids is 3. The minimum atomic E-state index is -0.664. The number of fused-ring (bicyclic) bond motifs is 1. The smallest absolute Gasteiger partial charge is 0.414 e. The van der Waals surface area contributed by atoms with E-state index in [0.717, 1.165) is 11.3 Å². The van der Waals surface area contributed by atoms with Gasteiger partial charge < -0.3 is 14.4 Å². The van der Waals surface area contributed by atoms with E-state index in [-0.39, 0.29) is 41.1 Å². The zero-order valence-electron chi connectivity index (χ0n) is 20.7. The number of carbonyl (C=O) groups is 3. The first-order valence-electron chi connectivity index (χ1n) is 12.2. The summed E-state index contributed by atoms with van der Waals surface area (Å²) in [6.07, 6.45) is 0.796. The van der Waals surface area contributed by atoms with Gasteiger partial charge in [-0.3, -0.25) is 19.8 Å². The maximum atomic E-state index is 13.2. The Hall–Kier alpha value is -4.73. The molecule has 1 fully saturated rings. The van der Waals surface area contributed by atoms with Crippen LogP contribution in [-0.2, 0) is 16.1 Å². The molecule has 0 aliphatic carbocycles. The molecule has 0 bridgehead atoms. The van der Waals surface area contributed by atoms with Crippen molar-refractivity contribution in [1.82, 2.24) is 0 Å². The van der Waals surface area contributed by atoms with E-state index in [2.05, 4.69) is 0 Å². The van der Waals surface area contributed by atoms with Crippen LogP contribution < -0.4 is 9.80 Å². The molecular weight excluding hydrogens is 490 g/mol. The zero-order chi connectivity index (χ0) is 26.8. The number of rotatable bonds is 6. The van der Waals surface area contributed by atoms with E-state index in [4.69, 9.17) is 9.47 Å². The number of cyclic esters (lactones) is 1. The molecule has 2 aliphatic rings. The average Bonchev–Trinajstić information content (AvgIpc) is 2.96. The molecule has 38 heavy (non-hydrogen) atoms. The maximum Gasteiger partial charge on any atom is 0.414 e. The van der Waals surface area contributed by atoms with E-state index in [9.17, 15) is 24.5 Å². The SMILES string of the molecule is COC(=O)c1ccccc1C(=O)c1ccc(N2CCC(N3C(=O)OCc4ccccc43)CC2)c([N+](=O)[O-])c1. The van der Waals surface area contributed by atoms with Gasteiger partial charge in [0.15, 0.2) is 5.78 Å². The van der Waals surface area contributed by atoms with E-state index >= 15 is 0 Å². The summed E-state index contributed by atoms with van der Waals surface area (Å²) in [5, 5.41) is 12.0. The highest BCUT2D eigenvalue weighted by Gasteiger charge is 2.35. The average molecular weight is 516 g/mol. The standard InChI is InChI=1S/C28H25N3O7/c1-37-27(33)22-8-4-3-7-21(22)26(32)18-10-11-24(25(16-18)31(35)36)29-14-12-20(13-15-29)30-23-9-5-2-6-19(23)17-38-28(30)34/h2-11,16,20H,12-15,17H2,1H3. The van der Waals surface area contributed by atoms with Crippen LogP contribution in [0.3, 0.4) is 0 Å².